The van der Waals surface area contributed by atoms with E-state index in [-0.39, 0.29) is 18.2 Å². The molecule has 2 rings (SSSR count). The van der Waals surface area contributed by atoms with Crippen molar-refractivity contribution in [3.8, 4) is 11.3 Å². The second-order valence-corrected chi connectivity index (χ2v) is 5.19. The molecule has 0 aliphatic heterocycles. The van der Waals surface area contributed by atoms with Crippen LogP contribution >= 0.6 is 11.3 Å². The highest BCUT2D eigenvalue weighted by Crippen LogP contribution is 2.23. The summed E-state index contributed by atoms with van der Waals surface area (Å²) in [7, 11) is 0. The SMILES string of the molecule is CCC(=O)Nc1ccc(-c2csc(CC(N)=O)n2)cc1. The Morgan fingerprint density at radius 1 is 1.30 bits per heavy atom. The molecule has 1 aromatic heterocycles. The average Bonchev–Trinajstić information content (AvgIpc) is 2.87. The van der Waals surface area contributed by atoms with E-state index in [9.17, 15) is 9.59 Å². The molecule has 0 atom stereocenters. The third kappa shape index (κ3) is 3.64. The van der Waals surface area contributed by atoms with Gasteiger partial charge >= 0.3 is 0 Å². The van der Waals surface area contributed by atoms with Crippen molar-refractivity contribution >= 4 is 28.8 Å². The number of nitrogens with two attached hydrogens (primary N) is 1. The van der Waals surface area contributed by atoms with Gasteiger partial charge in [-0.15, -0.1) is 11.3 Å². The minimum absolute atomic E-state index is 0.0184. The highest BCUT2D eigenvalue weighted by molar-refractivity contribution is 7.10. The average molecular weight is 289 g/mol. The van der Waals surface area contributed by atoms with E-state index in [1.165, 1.54) is 11.3 Å². The number of rotatable bonds is 5. The molecule has 20 heavy (non-hydrogen) atoms. The fraction of sp³-hybridized carbons (Fsp3) is 0.214. The second-order valence-electron chi connectivity index (χ2n) is 4.25. The molecule has 6 heteroatoms. The molecule has 5 nitrogen and oxygen atoms in total. The lowest BCUT2D eigenvalue weighted by Crippen LogP contribution is -2.13. The number of benzene rings is 1. The van der Waals surface area contributed by atoms with Crippen LogP contribution in [-0.4, -0.2) is 16.8 Å². The van der Waals surface area contributed by atoms with Crippen molar-refractivity contribution in [3.05, 3.63) is 34.7 Å². The van der Waals surface area contributed by atoms with E-state index in [4.69, 9.17) is 5.73 Å². The molecular formula is C14H15N3O2S. The fourth-order valence-corrected chi connectivity index (χ4v) is 2.46. The third-order valence-corrected chi connectivity index (χ3v) is 3.51. The Morgan fingerprint density at radius 3 is 2.60 bits per heavy atom. The Kier molecular flexibility index (Phi) is 4.47. The molecule has 0 aliphatic rings. The maximum Gasteiger partial charge on any atom is 0.224 e. The maximum absolute atomic E-state index is 11.3. The molecular weight excluding hydrogens is 274 g/mol. The molecule has 2 amide bonds. The normalized spacial score (nSPS) is 10.2. The number of primary amides is 1. The first kappa shape index (κ1) is 14.2. The Labute approximate surface area is 120 Å². The van der Waals surface area contributed by atoms with Crippen molar-refractivity contribution in [2.24, 2.45) is 5.73 Å². The number of hydrogen-bond acceptors (Lipinski definition) is 4. The van der Waals surface area contributed by atoms with Crippen molar-refractivity contribution in [3.63, 3.8) is 0 Å². The number of aromatic nitrogens is 1. The first-order valence-corrected chi connectivity index (χ1v) is 7.09. The first-order valence-electron chi connectivity index (χ1n) is 6.21. The first-order chi connectivity index (χ1) is 9.58. The number of thiazole rings is 1. The molecule has 104 valence electrons. The molecule has 0 radical (unpaired) electrons. The summed E-state index contributed by atoms with van der Waals surface area (Å²) >= 11 is 1.41. The van der Waals surface area contributed by atoms with Crippen LogP contribution < -0.4 is 11.1 Å². The van der Waals surface area contributed by atoms with Crippen LogP contribution in [0.1, 0.15) is 18.4 Å². The van der Waals surface area contributed by atoms with Gasteiger partial charge in [0.05, 0.1) is 12.1 Å². The number of carbonyl (C=O) groups excluding carboxylic acids is 2. The molecule has 3 N–H and O–H groups in total. The van der Waals surface area contributed by atoms with Gasteiger partial charge < -0.3 is 11.1 Å². The smallest absolute Gasteiger partial charge is 0.224 e. The summed E-state index contributed by atoms with van der Waals surface area (Å²) in [5, 5.41) is 5.37. The zero-order chi connectivity index (χ0) is 14.5. The van der Waals surface area contributed by atoms with E-state index in [2.05, 4.69) is 10.3 Å². The Balaban J connectivity index is 2.11. The minimum Gasteiger partial charge on any atom is -0.369 e. The summed E-state index contributed by atoms with van der Waals surface area (Å²) in [5.74, 6) is -0.404. The van der Waals surface area contributed by atoms with Crippen LogP contribution in [0, 0.1) is 0 Å². The van der Waals surface area contributed by atoms with E-state index in [1.54, 1.807) is 6.92 Å². The minimum atomic E-state index is -0.386. The molecule has 0 aliphatic carbocycles. The van der Waals surface area contributed by atoms with Crippen LogP contribution in [0.4, 0.5) is 5.69 Å². The van der Waals surface area contributed by atoms with Crippen molar-refractivity contribution in [1.82, 2.24) is 4.98 Å². The van der Waals surface area contributed by atoms with Crippen LogP contribution in [0.5, 0.6) is 0 Å². The van der Waals surface area contributed by atoms with Gasteiger partial charge in [0.1, 0.15) is 5.01 Å². The molecule has 2 aromatic rings. The molecule has 0 spiro atoms. The molecule has 0 saturated heterocycles. The molecule has 0 saturated carbocycles. The number of carbonyl (C=O) groups is 2. The number of nitrogens with zero attached hydrogens (tertiary/aromatic N) is 1. The summed E-state index contributed by atoms with van der Waals surface area (Å²) in [5.41, 5.74) is 7.64. The summed E-state index contributed by atoms with van der Waals surface area (Å²) in [4.78, 5) is 26.5. The van der Waals surface area contributed by atoms with Gasteiger partial charge in [-0.2, -0.15) is 0 Å². The van der Waals surface area contributed by atoms with Gasteiger partial charge in [-0.05, 0) is 12.1 Å². The van der Waals surface area contributed by atoms with Crippen molar-refractivity contribution in [2.45, 2.75) is 19.8 Å². The number of anilines is 1. The van der Waals surface area contributed by atoms with Crippen LogP contribution in [0.2, 0.25) is 0 Å². The predicted molar refractivity (Wildman–Crippen MR) is 79.4 cm³/mol. The van der Waals surface area contributed by atoms with Crippen molar-refractivity contribution < 1.29 is 9.59 Å². The maximum atomic E-state index is 11.3. The molecule has 1 aromatic carbocycles. The summed E-state index contributed by atoms with van der Waals surface area (Å²) in [6, 6.07) is 7.43. The standard InChI is InChI=1S/C14H15N3O2S/c1-2-13(19)16-10-5-3-9(4-6-10)11-8-20-14(17-11)7-12(15)18/h3-6,8H,2,7H2,1H3,(H2,15,18)(H,16,19). The third-order valence-electron chi connectivity index (χ3n) is 2.66. The number of amides is 2. The van der Waals surface area contributed by atoms with Gasteiger partial charge in [-0.3, -0.25) is 9.59 Å². The van der Waals surface area contributed by atoms with Gasteiger partial charge in [-0.1, -0.05) is 19.1 Å². The van der Waals surface area contributed by atoms with Crippen molar-refractivity contribution in [1.29, 1.82) is 0 Å². The summed E-state index contributed by atoms with van der Waals surface area (Å²) in [6.45, 7) is 1.80. The zero-order valence-electron chi connectivity index (χ0n) is 11.1. The van der Waals surface area contributed by atoms with Gasteiger partial charge in [-0.25, -0.2) is 4.98 Å². The molecule has 0 unspecified atom stereocenters. The van der Waals surface area contributed by atoms with E-state index >= 15 is 0 Å². The zero-order valence-corrected chi connectivity index (χ0v) is 11.9. The number of hydrogen-bond donors (Lipinski definition) is 2. The topological polar surface area (TPSA) is 85.1 Å². The summed E-state index contributed by atoms with van der Waals surface area (Å²) in [6.07, 6.45) is 0.611. The van der Waals surface area contributed by atoms with E-state index in [1.807, 2.05) is 29.6 Å². The monoisotopic (exact) mass is 289 g/mol. The highest BCUT2D eigenvalue weighted by atomic mass is 32.1. The van der Waals surface area contributed by atoms with Gasteiger partial charge in [0.25, 0.3) is 0 Å². The van der Waals surface area contributed by atoms with Gasteiger partial charge in [0.15, 0.2) is 0 Å². The van der Waals surface area contributed by atoms with Gasteiger partial charge in [0, 0.05) is 23.1 Å². The lowest BCUT2D eigenvalue weighted by molar-refractivity contribution is -0.117. The van der Waals surface area contributed by atoms with Crippen LogP contribution in [-0.2, 0) is 16.0 Å². The molecule has 0 fully saturated rings. The highest BCUT2D eigenvalue weighted by Gasteiger charge is 2.07. The Bertz CT molecular complexity index is 620. The van der Waals surface area contributed by atoms with E-state index < -0.39 is 0 Å². The largest absolute Gasteiger partial charge is 0.369 e. The predicted octanol–water partition coefficient (Wildman–Crippen LogP) is 2.19. The lowest BCUT2D eigenvalue weighted by Gasteiger charge is -2.04. The Hall–Kier alpha value is -2.21. The Morgan fingerprint density at radius 2 is 2.00 bits per heavy atom. The van der Waals surface area contributed by atoms with Crippen LogP contribution in [0.25, 0.3) is 11.3 Å². The van der Waals surface area contributed by atoms with Crippen LogP contribution in [0.3, 0.4) is 0 Å². The lowest BCUT2D eigenvalue weighted by atomic mass is 10.1. The van der Waals surface area contributed by atoms with Gasteiger partial charge in [0.2, 0.25) is 11.8 Å². The quantitative estimate of drug-likeness (QED) is 0.884. The van der Waals surface area contributed by atoms with E-state index in [0.29, 0.717) is 11.4 Å². The number of nitrogens with one attached hydrogen (secondary N) is 1. The second kappa shape index (κ2) is 6.29. The summed E-state index contributed by atoms with van der Waals surface area (Å²) < 4.78 is 0. The molecule has 0 bridgehead atoms. The fourth-order valence-electron chi connectivity index (χ4n) is 1.65. The van der Waals surface area contributed by atoms with Crippen LogP contribution in [0.15, 0.2) is 29.6 Å². The van der Waals surface area contributed by atoms with Crippen molar-refractivity contribution in [2.75, 3.05) is 5.32 Å². The van der Waals surface area contributed by atoms with E-state index in [0.717, 1.165) is 16.9 Å². The molecule has 1 heterocycles.